The lowest BCUT2D eigenvalue weighted by Gasteiger charge is -2.32. The molecule has 21 heavy (non-hydrogen) atoms. The van der Waals surface area contributed by atoms with Crippen molar-refractivity contribution < 1.29 is 19.5 Å². The first kappa shape index (κ1) is 15.9. The summed E-state index contributed by atoms with van der Waals surface area (Å²) >= 11 is 1.53. The fraction of sp³-hybridized carbons (Fsp3) is 0.769. The molecule has 2 N–H and O–H groups in total. The molecular formula is C13H21N3O4S. The molecule has 3 amide bonds. The van der Waals surface area contributed by atoms with Crippen molar-refractivity contribution in [3.8, 4) is 0 Å². The topological polar surface area (TPSA) is 90.0 Å². The fourth-order valence-electron chi connectivity index (χ4n) is 2.55. The van der Waals surface area contributed by atoms with Gasteiger partial charge in [0.1, 0.15) is 6.04 Å². The van der Waals surface area contributed by atoms with Gasteiger partial charge in [-0.2, -0.15) is 11.8 Å². The summed E-state index contributed by atoms with van der Waals surface area (Å²) in [6, 6.07) is -1.17. The zero-order valence-corrected chi connectivity index (χ0v) is 12.7. The minimum absolute atomic E-state index is 0.0526. The van der Waals surface area contributed by atoms with Crippen LogP contribution < -0.4 is 5.32 Å². The van der Waals surface area contributed by atoms with Gasteiger partial charge in [0.05, 0.1) is 0 Å². The smallest absolute Gasteiger partial charge is 0.327 e. The summed E-state index contributed by atoms with van der Waals surface area (Å²) < 4.78 is 0. The van der Waals surface area contributed by atoms with Crippen LogP contribution in [0.1, 0.15) is 19.3 Å². The predicted molar refractivity (Wildman–Crippen MR) is 79.3 cm³/mol. The van der Waals surface area contributed by atoms with Crippen molar-refractivity contribution in [2.45, 2.75) is 25.3 Å². The highest BCUT2D eigenvalue weighted by Gasteiger charge is 2.32. The third-order valence-electron chi connectivity index (χ3n) is 3.75. The minimum Gasteiger partial charge on any atom is -0.480 e. The predicted octanol–water partition coefficient (Wildman–Crippen LogP) is 0.210. The van der Waals surface area contributed by atoms with E-state index in [1.807, 2.05) is 4.90 Å². The Morgan fingerprint density at radius 2 is 1.90 bits per heavy atom. The van der Waals surface area contributed by atoms with E-state index in [4.69, 9.17) is 5.11 Å². The van der Waals surface area contributed by atoms with Gasteiger partial charge in [0.25, 0.3) is 0 Å². The summed E-state index contributed by atoms with van der Waals surface area (Å²) in [4.78, 5) is 38.2. The van der Waals surface area contributed by atoms with E-state index in [0.717, 1.165) is 31.7 Å². The first-order valence-electron chi connectivity index (χ1n) is 7.22. The molecule has 0 aliphatic carbocycles. The molecule has 2 aliphatic heterocycles. The van der Waals surface area contributed by atoms with Gasteiger partial charge in [0, 0.05) is 44.1 Å². The van der Waals surface area contributed by atoms with Crippen molar-refractivity contribution in [3.63, 3.8) is 0 Å². The Morgan fingerprint density at radius 3 is 2.57 bits per heavy atom. The molecule has 0 bridgehead atoms. The molecule has 7 nitrogen and oxygen atoms in total. The fourth-order valence-corrected chi connectivity index (χ4v) is 3.59. The Hall–Kier alpha value is -1.44. The van der Waals surface area contributed by atoms with Gasteiger partial charge in [0.2, 0.25) is 5.91 Å². The van der Waals surface area contributed by atoms with Crippen LogP contribution in [0.3, 0.4) is 0 Å². The summed E-state index contributed by atoms with van der Waals surface area (Å²) in [5.74, 6) is 0.224. The third kappa shape index (κ3) is 4.26. The molecule has 118 valence electrons. The van der Waals surface area contributed by atoms with Gasteiger partial charge in [-0.05, 0) is 12.8 Å². The molecule has 2 fully saturated rings. The maximum Gasteiger partial charge on any atom is 0.327 e. The number of carboxylic acids is 1. The van der Waals surface area contributed by atoms with Crippen molar-refractivity contribution in [3.05, 3.63) is 0 Å². The largest absolute Gasteiger partial charge is 0.480 e. The van der Waals surface area contributed by atoms with Gasteiger partial charge < -0.3 is 20.2 Å². The number of likely N-dealkylation sites (tertiary alicyclic amines) is 1. The van der Waals surface area contributed by atoms with E-state index < -0.39 is 18.0 Å². The summed E-state index contributed by atoms with van der Waals surface area (Å²) in [5.41, 5.74) is 0. The Kier molecular flexibility index (Phi) is 5.72. The van der Waals surface area contributed by atoms with Gasteiger partial charge in [0.15, 0.2) is 0 Å². The third-order valence-corrected chi connectivity index (χ3v) is 4.77. The minimum atomic E-state index is -0.981. The van der Waals surface area contributed by atoms with Crippen LogP contribution in [0.4, 0.5) is 4.79 Å². The lowest BCUT2D eigenvalue weighted by Crippen LogP contribution is -2.54. The molecule has 1 atom stereocenters. The van der Waals surface area contributed by atoms with Crippen molar-refractivity contribution in [2.24, 2.45) is 0 Å². The second-order valence-corrected chi connectivity index (χ2v) is 6.34. The lowest BCUT2D eigenvalue weighted by atomic mass is 10.3. The number of carboxylic acid groups (broad SMARTS) is 1. The number of thioether (sulfide) groups is 1. The Bertz CT molecular complexity index is 412. The molecule has 2 saturated heterocycles. The molecule has 0 aromatic rings. The first-order chi connectivity index (χ1) is 10.1. The maximum atomic E-state index is 12.0. The molecule has 2 aliphatic rings. The summed E-state index contributed by atoms with van der Waals surface area (Å²) in [6.07, 6.45) is 2.36. The number of nitrogens with zero attached hydrogens (tertiary/aromatic N) is 2. The highest BCUT2D eigenvalue weighted by atomic mass is 32.2. The van der Waals surface area contributed by atoms with Crippen LogP contribution in [0.25, 0.3) is 0 Å². The number of hydrogen-bond donors (Lipinski definition) is 2. The van der Waals surface area contributed by atoms with Crippen LogP contribution in [-0.2, 0) is 9.59 Å². The van der Waals surface area contributed by atoms with Gasteiger partial charge >= 0.3 is 12.0 Å². The molecule has 1 unspecified atom stereocenters. The van der Waals surface area contributed by atoms with Crippen molar-refractivity contribution in [1.29, 1.82) is 0 Å². The van der Waals surface area contributed by atoms with E-state index in [2.05, 4.69) is 5.32 Å². The van der Waals surface area contributed by atoms with Crippen molar-refractivity contribution in [2.75, 3.05) is 37.7 Å². The van der Waals surface area contributed by atoms with Crippen LogP contribution in [0, 0.1) is 0 Å². The molecule has 0 aromatic carbocycles. The van der Waals surface area contributed by atoms with Crippen LogP contribution in [0.5, 0.6) is 0 Å². The normalized spacial score (nSPS) is 22.2. The number of nitrogens with one attached hydrogen (secondary N) is 1. The molecule has 0 radical (unpaired) electrons. The molecule has 8 heteroatoms. The van der Waals surface area contributed by atoms with Crippen LogP contribution >= 0.6 is 11.8 Å². The monoisotopic (exact) mass is 315 g/mol. The Balaban J connectivity index is 1.75. The molecular weight excluding hydrogens is 294 g/mol. The standard InChI is InChI=1S/C13H21N3O4S/c17-11(15-5-1-2-6-15)3-4-14-13(20)16-7-8-21-9-10(16)12(18)19/h10H,1-9H2,(H,14,20)(H,18,19). The Labute approximate surface area is 128 Å². The van der Waals surface area contributed by atoms with Gasteiger partial charge in [-0.1, -0.05) is 0 Å². The Morgan fingerprint density at radius 1 is 1.19 bits per heavy atom. The van der Waals surface area contributed by atoms with Gasteiger partial charge in [-0.15, -0.1) is 0 Å². The van der Waals surface area contributed by atoms with E-state index in [0.29, 0.717) is 12.3 Å². The molecule has 2 heterocycles. The number of carbonyl (C=O) groups is 3. The lowest BCUT2D eigenvalue weighted by molar-refractivity contribution is -0.141. The summed E-state index contributed by atoms with van der Waals surface area (Å²) in [6.45, 7) is 2.28. The number of hydrogen-bond acceptors (Lipinski definition) is 4. The van der Waals surface area contributed by atoms with E-state index in [1.165, 1.54) is 16.7 Å². The molecule has 2 rings (SSSR count). The summed E-state index contributed by atoms with van der Waals surface area (Å²) in [5, 5.41) is 11.8. The molecule has 0 saturated carbocycles. The van der Waals surface area contributed by atoms with Crippen molar-refractivity contribution in [1.82, 2.24) is 15.1 Å². The number of amides is 3. The van der Waals surface area contributed by atoms with E-state index in [9.17, 15) is 14.4 Å². The van der Waals surface area contributed by atoms with Crippen LogP contribution in [-0.4, -0.2) is 76.5 Å². The average Bonchev–Trinajstić information content (AvgIpc) is 3.01. The number of carbonyl (C=O) groups excluding carboxylic acids is 2. The number of urea groups is 1. The average molecular weight is 315 g/mol. The van der Waals surface area contributed by atoms with Gasteiger partial charge in [-0.3, -0.25) is 4.79 Å². The molecule has 0 aromatic heterocycles. The zero-order valence-electron chi connectivity index (χ0n) is 11.9. The highest BCUT2D eigenvalue weighted by Crippen LogP contribution is 2.16. The zero-order chi connectivity index (χ0) is 15.2. The summed E-state index contributed by atoms with van der Waals surface area (Å²) in [7, 11) is 0. The van der Waals surface area contributed by atoms with E-state index >= 15 is 0 Å². The van der Waals surface area contributed by atoms with E-state index in [1.54, 1.807) is 0 Å². The second-order valence-electron chi connectivity index (χ2n) is 5.19. The number of rotatable bonds is 4. The van der Waals surface area contributed by atoms with Gasteiger partial charge in [-0.25, -0.2) is 9.59 Å². The number of aliphatic carboxylic acids is 1. The van der Waals surface area contributed by atoms with Crippen LogP contribution in [0.15, 0.2) is 0 Å². The molecule has 0 spiro atoms. The second kappa shape index (κ2) is 7.53. The van der Waals surface area contributed by atoms with Crippen LogP contribution in [0.2, 0.25) is 0 Å². The van der Waals surface area contributed by atoms with Crippen molar-refractivity contribution >= 4 is 29.7 Å². The quantitative estimate of drug-likeness (QED) is 0.774. The van der Waals surface area contributed by atoms with E-state index in [-0.39, 0.29) is 18.9 Å². The first-order valence-corrected chi connectivity index (χ1v) is 8.38. The highest BCUT2D eigenvalue weighted by molar-refractivity contribution is 7.99. The maximum absolute atomic E-state index is 12.0. The SMILES string of the molecule is O=C(O)C1CSCCN1C(=O)NCCC(=O)N1CCCC1.